The van der Waals surface area contributed by atoms with Gasteiger partial charge < -0.3 is 10.1 Å². The molecule has 0 fully saturated rings. The Morgan fingerprint density at radius 2 is 2.25 bits per heavy atom. The molecule has 2 rings (SSSR count). The molecule has 0 spiro atoms. The first-order valence-corrected chi connectivity index (χ1v) is 5.38. The summed E-state index contributed by atoms with van der Waals surface area (Å²) in [7, 11) is 0. The lowest BCUT2D eigenvalue weighted by Gasteiger charge is -2.25. The van der Waals surface area contributed by atoms with Gasteiger partial charge in [0.2, 0.25) is 5.91 Å². The zero-order chi connectivity index (χ0) is 11.4. The van der Waals surface area contributed by atoms with Gasteiger partial charge in [-0.3, -0.25) is 4.79 Å². The largest absolute Gasteiger partial charge is 0.371 e. The third kappa shape index (κ3) is 2.49. The number of hydrogen-bond donors (Lipinski definition) is 1. The van der Waals surface area contributed by atoms with Gasteiger partial charge in [0.25, 0.3) is 0 Å². The summed E-state index contributed by atoms with van der Waals surface area (Å²) in [5, 5.41) is 2.75. The normalized spacial score (nSPS) is 18.6. The van der Waals surface area contributed by atoms with E-state index in [1.807, 2.05) is 12.1 Å². The first-order valence-electron chi connectivity index (χ1n) is 5.38. The maximum absolute atomic E-state index is 11.0. The number of ether oxygens (including phenoxy) is 1. The molecule has 3 heteroatoms. The van der Waals surface area contributed by atoms with Crippen molar-refractivity contribution in [3.8, 4) is 0 Å². The van der Waals surface area contributed by atoms with Gasteiger partial charge >= 0.3 is 0 Å². The Morgan fingerprint density at radius 1 is 1.50 bits per heavy atom. The summed E-state index contributed by atoms with van der Waals surface area (Å²) in [6.07, 6.45) is 2.20. The van der Waals surface area contributed by atoms with E-state index in [-0.39, 0.29) is 12.0 Å². The van der Waals surface area contributed by atoms with E-state index >= 15 is 0 Å². The number of amides is 1. The highest BCUT2D eigenvalue weighted by Gasteiger charge is 2.18. The lowest BCUT2D eigenvalue weighted by atomic mass is 9.99. The fourth-order valence-corrected chi connectivity index (χ4v) is 1.83. The molecule has 1 aromatic carbocycles. The monoisotopic (exact) mass is 217 g/mol. The van der Waals surface area contributed by atoms with Crippen LogP contribution in [0.1, 0.15) is 11.1 Å². The Labute approximate surface area is 95.1 Å². The molecular formula is C13H15NO2. The molecule has 0 unspecified atom stereocenters. The van der Waals surface area contributed by atoms with Crippen molar-refractivity contribution in [2.45, 2.75) is 19.1 Å². The van der Waals surface area contributed by atoms with Crippen LogP contribution in [0.5, 0.6) is 0 Å². The molecule has 84 valence electrons. The van der Waals surface area contributed by atoms with E-state index in [1.165, 1.54) is 17.2 Å². The van der Waals surface area contributed by atoms with E-state index < -0.39 is 0 Å². The van der Waals surface area contributed by atoms with Crippen LogP contribution in [0.25, 0.3) is 0 Å². The fourth-order valence-electron chi connectivity index (χ4n) is 1.83. The summed E-state index contributed by atoms with van der Waals surface area (Å²) in [6.45, 7) is 4.58. The number of rotatable bonds is 3. The number of hydrogen-bond acceptors (Lipinski definition) is 2. The van der Waals surface area contributed by atoms with Crippen molar-refractivity contribution in [1.82, 2.24) is 5.32 Å². The average molecular weight is 217 g/mol. The van der Waals surface area contributed by atoms with E-state index in [2.05, 4.69) is 24.0 Å². The molecule has 0 radical (unpaired) electrons. The van der Waals surface area contributed by atoms with Gasteiger partial charge in [0.1, 0.15) is 0 Å². The van der Waals surface area contributed by atoms with Crippen molar-refractivity contribution >= 4 is 5.91 Å². The van der Waals surface area contributed by atoms with Crippen molar-refractivity contribution in [1.29, 1.82) is 0 Å². The van der Waals surface area contributed by atoms with Crippen molar-refractivity contribution < 1.29 is 9.53 Å². The first kappa shape index (κ1) is 10.9. The molecule has 0 saturated carbocycles. The molecule has 0 bridgehead atoms. The minimum absolute atomic E-state index is 0.0683. The Bertz CT molecular complexity index is 401. The third-order valence-corrected chi connectivity index (χ3v) is 2.73. The summed E-state index contributed by atoms with van der Waals surface area (Å²) in [5.41, 5.74) is 2.56. The maximum Gasteiger partial charge on any atom is 0.243 e. The summed E-state index contributed by atoms with van der Waals surface area (Å²) >= 11 is 0. The first-order chi connectivity index (χ1) is 7.79. The minimum atomic E-state index is -0.151. The van der Waals surface area contributed by atoms with Crippen LogP contribution >= 0.6 is 0 Å². The van der Waals surface area contributed by atoms with Crippen LogP contribution in [0, 0.1) is 0 Å². The highest BCUT2D eigenvalue weighted by molar-refractivity contribution is 5.86. The highest BCUT2D eigenvalue weighted by atomic mass is 16.5. The van der Waals surface area contributed by atoms with E-state index in [0.717, 1.165) is 6.42 Å². The van der Waals surface area contributed by atoms with Crippen LogP contribution in [0.4, 0.5) is 0 Å². The predicted octanol–water partition coefficient (Wildman–Crippen LogP) is 1.43. The van der Waals surface area contributed by atoms with Gasteiger partial charge in [-0.25, -0.2) is 0 Å². The zero-order valence-corrected chi connectivity index (χ0v) is 9.11. The van der Waals surface area contributed by atoms with Crippen molar-refractivity contribution in [3.63, 3.8) is 0 Å². The summed E-state index contributed by atoms with van der Waals surface area (Å²) < 4.78 is 5.65. The highest BCUT2D eigenvalue weighted by Crippen LogP contribution is 2.19. The number of carbonyl (C=O) groups excluding carboxylic acids is 1. The number of carbonyl (C=O) groups is 1. The topological polar surface area (TPSA) is 38.3 Å². The van der Waals surface area contributed by atoms with Gasteiger partial charge in [-0.05, 0) is 17.2 Å². The van der Waals surface area contributed by atoms with Crippen LogP contribution in [0.3, 0.4) is 0 Å². The Kier molecular flexibility index (Phi) is 3.37. The van der Waals surface area contributed by atoms with Crippen molar-refractivity contribution in [2.75, 3.05) is 6.54 Å². The van der Waals surface area contributed by atoms with Crippen molar-refractivity contribution in [3.05, 3.63) is 48.0 Å². The average Bonchev–Trinajstić information content (AvgIpc) is 2.35. The molecule has 1 amide bonds. The summed E-state index contributed by atoms with van der Waals surface area (Å²) in [6, 6.07) is 8.24. The molecule has 16 heavy (non-hydrogen) atoms. The lowest BCUT2D eigenvalue weighted by Crippen LogP contribution is -2.35. The number of fused-ring (bicyclic) bond motifs is 1. The Morgan fingerprint density at radius 3 is 3.00 bits per heavy atom. The molecule has 1 N–H and O–H groups in total. The SMILES string of the molecule is C=CC(=O)NC[C@H]1Cc2ccccc2CO1. The molecule has 1 aromatic rings. The van der Waals surface area contributed by atoms with Gasteiger partial charge in [0, 0.05) is 13.0 Å². The number of benzene rings is 1. The maximum atomic E-state index is 11.0. The molecule has 0 saturated heterocycles. The van der Waals surface area contributed by atoms with Gasteiger partial charge in [-0.1, -0.05) is 30.8 Å². The molecule has 1 aliphatic heterocycles. The van der Waals surface area contributed by atoms with E-state index in [9.17, 15) is 4.79 Å². The van der Waals surface area contributed by atoms with Crippen LogP contribution in [0.15, 0.2) is 36.9 Å². The van der Waals surface area contributed by atoms with Gasteiger partial charge in [0.15, 0.2) is 0 Å². The van der Waals surface area contributed by atoms with Gasteiger partial charge in [0.05, 0.1) is 12.7 Å². The van der Waals surface area contributed by atoms with Gasteiger partial charge in [-0.2, -0.15) is 0 Å². The van der Waals surface area contributed by atoms with Gasteiger partial charge in [-0.15, -0.1) is 0 Å². The molecule has 3 nitrogen and oxygen atoms in total. The lowest BCUT2D eigenvalue weighted by molar-refractivity contribution is -0.117. The number of nitrogens with one attached hydrogen (secondary N) is 1. The molecular weight excluding hydrogens is 202 g/mol. The predicted molar refractivity (Wildman–Crippen MR) is 61.9 cm³/mol. The quantitative estimate of drug-likeness (QED) is 0.778. The second-order valence-electron chi connectivity index (χ2n) is 3.86. The Balaban J connectivity index is 1.93. The van der Waals surface area contributed by atoms with E-state index in [1.54, 1.807) is 0 Å². The van der Waals surface area contributed by atoms with Crippen LogP contribution in [-0.2, 0) is 22.6 Å². The van der Waals surface area contributed by atoms with Crippen LogP contribution < -0.4 is 5.32 Å². The summed E-state index contributed by atoms with van der Waals surface area (Å²) in [5.74, 6) is -0.151. The van der Waals surface area contributed by atoms with Crippen LogP contribution in [0.2, 0.25) is 0 Å². The van der Waals surface area contributed by atoms with E-state index in [0.29, 0.717) is 13.2 Å². The van der Waals surface area contributed by atoms with E-state index in [4.69, 9.17) is 4.74 Å². The van der Waals surface area contributed by atoms with Crippen molar-refractivity contribution in [2.24, 2.45) is 0 Å². The molecule has 1 aliphatic rings. The summed E-state index contributed by atoms with van der Waals surface area (Å²) in [4.78, 5) is 11.0. The molecule has 0 aliphatic carbocycles. The minimum Gasteiger partial charge on any atom is -0.371 e. The molecule has 0 aromatic heterocycles. The Hall–Kier alpha value is -1.61. The zero-order valence-electron chi connectivity index (χ0n) is 9.11. The standard InChI is InChI=1S/C13H15NO2/c1-2-13(15)14-8-12-7-10-5-3-4-6-11(10)9-16-12/h2-6,12H,1,7-9H2,(H,14,15)/t12-/m1/s1. The third-order valence-electron chi connectivity index (χ3n) is 2.73. The second kappa shape index (κ2) is 4.94. The molecule has 1 heterocycles. The molecule has 1 atom stereocenters. The smallest absolute Gasteiger partial charge is 0.243 e. The second-order valence-corrected chi connectivity index (χ2v) is 3.86. The fraction of sp³-hybridized carbons (Fsp3) is 0.308. The van der Waals surface area contributed by atoms with Crippen LogP contribution in [-0.4, -0.2) is 18.6 Å².